The Hall–Kier alpha value is -0.340. The third-order valence-corrected chi connectivity index (χ3v) is 2.38. The third kappa shape index (κ3) is 4.44. The summed E-state index contributed by atoms with van der Waals surface area (Å²) in [4.78, 5) is 0. The van der Waals surface area contributed by atoms with Gasteiger partial charge in [-0.05, 0) is 25.8 Å². The summed E-state index contributed by atoms with van der Waals surface area (Å²) in [6, 6.07) is 0.433. The van der Waals surface area contributed by atoms with Gasteiger partial charge in [0.25, 0.3) is 0 Å². The zero-order valence-electron chi connectivity index (χ0n) is 9.34. The van der Waals surface area contributed by atoms with Crippen molar-refractivity contribution in [1.29, 1.82) is 0 Å². The molecule has 2 unspecified atom stereocenters. The van der Waals surface area contributed by atoms with E-state index >= 15 is 0 Å². The number of likely N-dealkylation sites (N-methyl/N-ethyl adjacent to an activating group) is 1. The zero-order chi connectivity index (χ0) is 10.3. The normalized spacial score (nSPS) is 15.8. The van der Waals surface area contributed by atoms with Crippen LogP contribution in [0.5, 0.6) is 0 Å². The Labute approximate surface area is 82.4 Å². The van der Waals surface area contributed by atoms with Gasteiger partial charge < -0.3 is 10.1 Å². The van der Waals surface area contributed by atoms with Crippen LogP contribution in [-0.2, 0) is 4.74 Å². The fraction of sp³-hybridized carbons (Fsp3) is 0.818. The fourth-order valence-corrected chi connectivity index (χ4v) is 1.67. The van der Waals surface area contributed by atoms with Crippen molar-refractivity contribution in [2.24, 2.45) is 5.92 Å². The molecule has 0 aliphatic carbocycles. The highest BCUT2D eigenvalue weighted by Gasteiger charge is 2.21. The van der Waals surface area contributed by atoms with Gasteiger partial charge in [-0.25, -0.2) is 0 Å². The van der Waals surface area contributed by atoms with Crippen molar-refractivity contribution in [2.45, 2.75) is 38.8 Å². The standard InChI is InChI=1S/C11H23NO/c1-6-7-8-10(12-4)11(13-5)9(2)3/h6,9-12H,1,7-8H2,2-5H3. The number of nitrogens with one attached hydrogen (secondary N) is 1. The molecule has 0 saturated carbocycles. The predicted molar refractivity (Wildman–Crippen MR) is 57.9 cm³/mol. The summed E-state index contributed by atoms with van der Waals surface area (Å²) < 4.78 is 5.47. The van der Waals surface area contributed by atoms with Crippen LogP contribution in [0.2, 0.25) is 0 Å². The van der Waals surface area contributed by atoms with Crippen molar-refractivity contribution in [3.05, 3.63) is 12.7 Å². The Balaban J connectivity index is 4.07. The summed E-state index contributed by atoms with van der Waals surface area (Å²) in [7, 11) is 3.77. The quantitative estimate of drug-likeness (QED) is 0.614. The van der Waals surface area contributed by atoms with Gasteiger partial charge in [-0.1, -0.05) is 19.9 Å². The van der Waals surface area contributed by atoms with Crippen LogP contribution in [0, 0.1) is 5.92 Å². The predicted octanol–water partition coefficient (Wildman–Crippen LogP) is 2.21. The fourth-order valence-electron chi connectivity index (χ4n) is 1.67. The molecule has 0 saturated heterocycles. The van der Waals surface area contributed by atoms with Crippen molar-refractivity contribution in [2.75, 3.05) is 14.2 Å². The molecular formula is C11H23NO. The summed E-state index contributed by atoms with van der Waals surface area (Å²) in [6.45, 7) is 8.10. The maximum Gasteiger partial charge on any atom is 0.0747 e. The molecular weight excluding hydrogens is 162 g/mol. The molecule has 2 heteroatoms. The van der Waals surface area contributed by atoms with Gasteiger partial charge in [0.1, 0.15) is 0 Å². The molecule has 0 aromatic carbocycles. The van der Waals surface area contributed by atoms with E-state index in [1.54, 1.807) is 7.11 Å². The molecule has 78 valence electrons. The summed E-state index contributed by atoms with van der Waals surface area (Å²) in [5, 5.41) is 3.30. The molecule has 2 nitrogen and oxygen atoms in total. The van der Waals surface area contributed by atoms with E-state index in [1.165, 1.54) is 0 Å². The SMILES string of the molecule is C=CCCC(NC)C(OC)C(C)C. The maximum atomic E-state index is 5.47. The maximum absolute atomic E-state index is 5.47. The lowest BCUT2D eigenvalue weighted by Gasteiger charge is -2.28. The Bertz CT molecular complexity index is 134. The molecule has 1 N–H and O–H groups in total. The molecule has 0 aromatic heterocycles. The van der Waals surface area contributed by atoms with Crippen LogP contribution in [0.1, 0.15) is 26.7 Å². The number of hydrogen-bond acceptors (Lipinski definition) is 2. The highest BCUT2D eigenvalue weighted by molar-refractivity contribution is 4.81. The van der Waals surface area contributed by atoms with Crippen molar-refractivity contribution in [3.63, 3.8) is 0 Å². The van der Waals surface area contributed by atoms with Gasteiger partial charge in [0.2, 0.25) is 0 Å². The topological polar surface area (TPSA) is 21.3 Å². The van der Waals surface area contributed by atoms with Crippen molar-refractivity contribution >= 4 is 0 Å². The number of methoxy groups -OCH3 is 1. The molecule has 0 aromatic rings. The van der Waals surface area contributed by atoms with E-state index < -0.39 is 0 Å². The highest BCUT2D eigenvalue weighted by Crippen LogP contribution is 2.14. The van der Waals surface area contributed by atoms with Crippen LogP contribution in [0.4, 0.5) is 0 Å². The van der Waals surface area contributed by atoms with Crippen LogP contribution in [0.15, 0.2) is 12.7 Å². The molecule has 0 fully saturated rings. The lowest BCUT2D eigenvalue weighted by molar-refractivity contribution is 0.0332. The van der Waals surface area contributed by atoms with Crippen LogP contribution < -0.4 is 5.32 Å². The first-order valence-corrected chi connectivity index (χ1v) is 4.98. The van der Waals surface area contributed by atoms with Crippen molar-refractivity contribution in [3.8, 4) is 0 Å². The molecule has 0 aliphatic rings. The molecule has 2 atom stereocenters. The molecule has 0 spiro atoms. The number of rotatable bonds is 7. The number of ether oxygens (including phenoxy) is 1. The van der Waals surface area contributed by atoms with Crippen LogP contribution in [-0.4, -0.2) is 26.3 Å². The van der Waals surface area contributed by atoms with Gasteiger partial charge in [0.15, 0.2) is 0 Å². The first kappa shape index (κ1) is 12.7. The summed E-state index contributed by atoms with van der Waals surface area (Å²) >= 11 is 0. The minimum absolute atomic E-state index is 0.296. The van der Waals surface area contributed by atoms with E-state index in [1.807, 2.05) is 13.1 Å². The molecule has 0 aliphatic heterocycles. The smallest absolute Gasteiger partial charge is 0.0747 e. The van der Waals surface area contributed by atoms with E-state index in [2.05, 4.69) is 25.7 Å². The van der Waals surface area contributed by atoms with E-state index in [0.29, 0.717) is 18.1 Å². The summed E-state index contributed by atoms with van der Waals surface area (Å²) in [6.07, 6.45) is 4.39. The Morgan fingerprint density at radius 2 is 2.08 bits per heavy atom. The van der Waals surface area contributed by atoms with Gasteiger partial charge in [-0.2, -0.15) is 0 Å². The lowest BCUT2D eigenvalue weighted by atomic mass is 9.96. The minimum atomic E-state index is 0.296. The Morgan fingerprint density at radius 3 is 2.38 bits per heavy atom. The van der Waals surface area contributed by atoms with E-state index in [4.69, 9.17) is 4.74 Å². The number of allylic oxidation sites excluding steroid dienone is 1. The average Bonchev–Trinajstić information content (AvgIpc) is 2.11. The molecule has 0 rings (SSSR count). The zero-order valence-corrected chi connectivity index (χ0v) is 9.34. The van der Waals surface area contributed by atoms with Crippen LogP contribution in [0.3, 0.4) is 0 Å². The van der Waals surface area contributed by atoms with E-state index in [0.717, 1.165) is 12.8 Å². The van der Waals surface area contributed by atoms with Crippen molar-refractivity contribution < 1.29 is 4.74 Å². The summed E-state index contributed by atoms with van der Waals surface area (Å²) in [5.74, 6) is 0.548. The largest absolute Gasteiger partial charge is 0.380 e. The second-order valence-corrected chi connectivity index (χ2v) is 3.71. The first-order valence-electron chi connectivity index (χ1n) is 4.98. The molecule has 13 heavy (non-hydrogen) atoms. The van der Waals surface area contributed by atoms with Gasteiger partial charge >= 0.3 is 0 Å². The highest BCUT2D eigenvalue weighted by atomic mass is 16.5. The summed E-state index contributed by atoms with van der Waals surface area (Å²) in [5.41, 5.74) is 0. The van der Waals surface area contributed by atoms with Gasteiger partial charge in [0.05, 0.1) is 6.10 Å². The average molecular weight is 185 g/mol. The second-order valence-electron chi connectivity index (χ2n) is 3.71. The number of hydrogen-bond donors (Lipinski definition) is 1. The van der Waals surface area contributed by atoms with E-state index in [9.17, 15) is 0 Å². The van der Waals surface area contributed by atoms with Gasteiger partial charge in [-0.3, -0.25) is 0 Å². The Morgan fingerprint density at radius 1 is 1.46 bits per heavy atom. The van der Waals surface area contributed by atoms with E-state index in [-0.39, 0.29) is 0 Å². The molecule has 0 bridgehead atoms. The monoisotopic (exact) mass is 185 g/mol. The van der Waals surface area contributed by atoms with Gasteiger partial charge in [0, 0.05) is 13.2 Å². The van der Waals surface area contributed by atoms with Gasteiger partial charge in [-0.15, -0.1) is 6.58 Å². The minimum Gasteiger partial charge on any atom is -0.380 e. The van der Waals surface area contributed by atoms with Crippen molar-refractivity contribution in [1.82, 2.24) is 5.32 Å². The molecule has 0 heterocycles. The molecule has 0 radical (unpaired) electrons. The van der Waals surface area contributed by atoms with Crippen LogP contribution in [0.25, 0.3) is 0 Å². The third-order valence-electron chi connectivity index (χ3n) is 2.38. The Kier molecular flexibility index (Phi) is 6.92. The lowest BCUT2D eigenvalue weighted by Crippen LogP contribution is -2.41. The first-order chi connectivity index (χ1) is 6.17. The second kappa shape index (κ2) is 7.10. The molecule has 0 amide bonds. The van der Waals surface area contributed by atoms with Crippen LogP contribution >= 0.6 is 0 Å².